The number of carbonyl (C=O) groups excluding carboxylic acids is 1. The number of rotatable bonds is 1. The minimum absolute atomic E-state index is 0.0556. The highest BCUT2D eigenvalue weighted by molar-refractivity contribution is 5.91. The van der Waals surface area contributed by atoms with E-state index in [1.165, 1.54) is 39.0 Å². The standard InChI is InChI=1S/C23H24N2O/c1-15(2)23(26)24-13-12-21-19(14-24)18-8-5-7-17-11-10-16-6-3-4-9-20(16)25(21)22(17)18/h3-9,15H,10-14H2,1-2H3. The smallest absolute Gasteiger partial charge is 0.225 e. The minimum Gasteiger partial charge on any atom is -0.338 e. The Balaban J connectivity index is 1.76. The first-order chi connectivity index (χ1) is 12.6. The zero-order valence-electron chi connectivity index (χ0n) is 15.5. The van der Waals surface area contributed by atoms with E-state index in [0.717, 1.165) is 32.4 Å². The van der Waals surface area contributed by atoms with Crippen molar-refractivity contribution >= 4 is 16.8 Å². The number of hydrogen-bond donors (Lipinski definition) is 0. The third-order valence-electron chi connectivity index (χ3n) is 5.96. The molecule has 2 aliphatic rings. The fourth-order valence-electron chi connectivity index (χ4n) is 4.70. The molecule has 5 rings (SSSR count). The molecule has 0 aliphatic carbocycles. The summed E-state index contributed by atoms with van der Waals surface area (Å²) in [6.07, 6.45) is 3.09. The molecule has 132 valence electrons. The number of hydrogen-bond acceptors (Lipinski definition) is 1. The van der Waals surface area contributed by atoms with Crippen molar-refractivity contribution in [2.75, 3.05) is 6.54 Å². The number of aromatic nitrogens is 1. The van der Waals surface area contributed by atoms with Crippen LogP contribution < -0.4 is 0 Å². The number of aryl methyl sites for hydroxylation is 2. The molecule has 3 heterocycles. The first-order valence-electron chi connectivity index (χ1n) is 9.66. The van der Waals surface area contributed by atoms with E-state index < -0.39 is 0 Å². The molecule has 26 heavy (non-hydrogen) atoms. The number of nitrogens with zero attached hydrogens (tertiary/aromatic N) is 2. The minimum atomic E-state index is 0.0556. The van der Waals surface area contributed by atoms with Crippen LogP contribution in [0.2, 0.25) is 0 Å². The normalized spacial score (nSPS) is 15.7. The molecule has 1 aromatic heterocycles. The van der Waals surface area contributed by atoms with Gasteiger partial charge in [0.05, 0.1) is 5.52 Å². The summed E-state index contributed by atoms with van der Waals surface area (Å²) in [7, 11) is 0. The van der Waals surface area contributed by atoms with E-state index in [-0.39, 0.29) is 11.8 Å². The Morgan fingerprint density at radius 1 is 0.962 bits per heavy atom. The van der Waals surface area contributed by atoms with Gasteiger partial charge in [0, 0.05) is 47.8 Å². The first kappa shape index (κ1) is 15.7. The molecule has 0 N–H and O–H groups in total. The van der Waals surface area contributed by atoms with E-state index in [4.69, 9.17) is 0 Å². The van der Waals surface area contributed by atoms with Crippen LogP contribution in [0.15, 0.2) is 42.5 Å². The predicted molar refractivity (Wildman–Crippen MR) is 105 cm³/mol. The zero-order valence-corrected chi connectivity index (χ0v) is 15.5. The van der Waals surface area contributed by atoms with E-state index in [1.807, 2.05) is 18.7 Å². The monoisotopic (exact) mass is 344 g/mol. The van der Waals surface area contributed by atoms with Crippen molar-refractivity contribution in [1.82, 2.24) is 9.47 Å². The number of amides is 1. The molecule has 0 radical (unpaired) electrons. The van der Waals surface area contributed by atoms with Crippen molar-refractivity contribution in [2.24, 2.45) is 5.92 Å². The molecular weight excluding hydrogens is 320 g/mol. The van der Waals surface area contributed by atoms with Crippen LogP contribution in [0.25, 0.3) is 16.6 Å². The highest BCUT2D eigenvalue weighted by Gasteiger charge is 2.30. The Morgan fingerprint density at radius 3 is 2.58 bits per heavy atom. The van der Waals surface area contributed by atoms with Crippen LogP contribution in [0.4, 0.5) is 0 Å². The van der Waals surface area contributed by atoms with E-state index in [9.17, 15) is 4.79 Å². The maximum atomic E-state index is 12.6. The number of benzene rings is 2. The largest absolute Gasteiger partial charge is 0.338 e. The molecule has 0 saturated carbocycles. The summed E-state index contributed by atoms with van der Waals surface area (Å²) in [6.45, 7) is 5.54. The van der Waals surface area contributed by atoms with E-state index in [1.54, 1.807) is 0 Å². The van der Waals surface area contributed by atoms with Crippen molar-refractivity contribution in [1.29, 1.82) is 0 Å². The molecule has 3 nitrogen and oxygen atoms in total. The van der Waals surface area contributed by atoms with Gasteiger partial charge in [0.15, 0.2) is 0 Å². The maximum absolute atomic E-state index is 12.6. The highest BCUT2D eigenvalue weighted by Crippen LogP contribution is 2.38. The lowest BCUT2D eigenvalue weighted by atomic mass is 9.99. The fraction of sp³-hybridized carbons (Fsp3) is 0.348. The average molecular weight is 344 g/mol. The van der Waals surface area contributed by atoms with Crippen molar-refractivity contribution < 1.29 is 4.79 Å². The van der Waals surface area contributed by atoms with Crippen LogP contribution in [0.5, 0.6) is 0 Å². The average Bonchev–Trinajstić information content (AvgIpc) is 2.89. The fourth-order valence-corrected chi connectivity index (χ4v) is 4.70. The Bertz CT molecular complexity index is 1030. The number of carbonyl (C=O) groups is 1. The summed E-state index contributed by atoms with van der Waals surface area (Å²) in [5, 5.41) is 1.33. The summed E-state index contributed by atoms with van der Waals surface area (Å²) in [6, 6.07) is 15.5. The summed E-state index contributed by atoms with van der Waals surface area (Å²) in [5.41, 5.74) is 8.28. The Morgan fingerprint density at radius 2 is 1.73 bits per heavy atom. The van der Waals surface area contributed by atoms with Gasteiger partial charge in [0.1, 0.15) is 0 Å². The molecular formula is C23H24N2O. The lowest BCUT2D eigenvalue weighted by Gasteiger charge is -2.30. The Labute approximate surface area is 154 Å². The zero-order chi connectivity index (χ0) is 17.8. The lowest BCUT2D eigenvalue weighted by molar-refractivity contribution is -0.135. The van der Waals surface area contributed by atoms with Gasteiger partial charge in [0.2, 0.25) is 5.91 Å². The van der Waals surface area contributed by atoms with Gasteiger partial charge < -0.3 is 9.47 Å². The van der Waals surface area contributed by atoms with Gasteiger partial charge in [-0.05, 0) is 30.0 Å². The van der Waals surface area contributed by atoms with Crippen molar-refractivity contribution in [3.05, 3.63) is 64.8 Å². The number of fused-ring (bicyclic) bond motifs is 5. The lowest BCUT2D eigenvalue weighted by Crippen LogP contribution is -2.38. The molecule has 2 aromatic carbocycles. The summed E-state index contributed by atoms with van der Waals surface area (Å²) < 4.78 is 2.50. The van der Waals surface area contributed by atoms with Crippen LogP contribution >= 0.6 is 0 Å². The second-order valence-corrected chi connectivity index (χ2v) is 7.87. The molecule has 0 fully saturated rings. The Kier molecular flexibility index (Phi) is 3.46. The first-order valence-corrected chi connectivity index (χ1v) is 9.66. The van der Waals surface area contributed by atoms with Crippen LogP contribution in [0.3, 0.4) is 0 Å². The molecule has 0 saturated heterocycles. The summed E-state index contributed by atoms with van der Waals surface area (Å²) in [4.78, 5) is 14.6. The van der Waals surface area contributed by atoms with Crippen LogP contribution in [0.1, 0.15) is 36.2 Å². The van der Waals surface area contributed by atoms with Crippen molar-refractivity contribution in [3.63, 3.8) is 0 Å². The van der Waals surface area contributed by atoms with Gasteiger partial charge >= 0.3 is 0 Å². The Hall–Kier alpha value is -2.55. The van der Waals surface area contributed by atoms with Gasteiger partial charge in [-0.1, -0.05) is 50.2 Å². The molecule has 3 heteroatoms. The third-order valence-corrected chi connectivity index (χ3v) is 5.96. The van der Waals surface area contributed by atoms with Gasteiger partial charge in [0.25, 0.3) is 0 Å². The molecule has 0 atom stereocenters. The molecule has 3 aromatic rings. The van der Waals surface area contributed by atoms with E-state index in [2.05, 4.69) is 47.0 Å². The van der Waals surface area contributed by atoms with Crippen molar-refractivity contribution in [3.8, 4) is 5.69 Å². The van der Waals surface area contributed by atoms with Crippen molar-refractivity contribution in [2.45, 2.75) is 39.7 Å². The second-order valence-electron chi connectivity index (χ2n) is 7.87. The van der Waals surface area contributed by atoms with Gasteiger partial charge in [-0.15, -0.1) is 0 Å². The second kappa shape index (κ2) is 5.73. The molecule has 2 aliphatic heterocycles. The van der Waals surface area contributed by atoms with Crippen LogP contribution in [0, 0.1) is 5.92 Å². The topological polar surface area (TPSA) is 25.2 Å². The molecule has 1 amide bonds. The van der Waals surface area contributed by atoms with Gasteiger partial charge in [-0.2, -0.15) is 0 Å². The van der Waals surface area contributed by atoms with E-state index in [0.29, 0.717) is 0 Å². The molecule has 0 unspecified atom stereocenters. The predicted octanol–water partition coefficient (Wildman–Crippen LogP) is 4.27. The SMILES string of the molecule is CC(C)C(=O)N1CCc2c(c3cccc4c3n2-c2ccccc2CC4)C1. The van der Waals surface area contributed by atoms with Crippen LogP contribution in [-0.4, -0.2) is 21.9 Å². The quantitative estimate of drug-likeness (QED) is 0.647. The third kappa shape index (κ3) is 2.16. The summed E-state index contributed by atoms with van der Waals surface area (Å²) >= 11 is 0. The summed E-state index contributed by atoms with van der Waals surface area (Å²) in [5.74, 6) is 0.320. The molecule has 0 spiro atoms. The van der Waals surface area contributed by atoms with Gasteiger partial charge in [-0.3, -0.25) is 4.79 Å². The maximum Gasteiger partial charge on any atom is 0.225 e. The van der Waals surface area contributed by atoms with E-state index >= 15 is 0 Å². The van der Waals surface area contributed by atoms with Gasteiger partial charge in [-0.25, -0.2) is 0 Å². The van der Waals surface area contributed by atoms with Crippen LogP contribution in [-0.2, 0) is 30.6 Å². The molecule has 0 bridgehead atoms. The highest BCUT2D eigenvalue weighted by atomic mass is 16.2. The number of para-hydroxylation sites is 2.